The van der Waals surface area contributed by atoms with Gasteiger partial charge in [-0.05, 0) is 19.4 Å². The maximum atomic E-state index is 5.77. The minimum atomic E-state index is 0.270. The lowest BCUT2D eigenvalue weighted by Gasteiger charge is -2.22. The van der Waals surface area contributed by atoms with Gasteiger partial charge >= 0.3 is 0 Å². The second-order valence-corrected chi connectivity index (χ2v) is 4.87. The van der Waals surface area contributed by atoms with Crippen molar-refractivity contribution >= 4 is 11.5 Å². The molecule has 1 unspecified atom stereocenters. The summed E-state index contributed by atoms with van der Waals surface area (Å²) in [5, 5.41) is 4.03. The van der Waals surface area contributed by atoms with E-state index >= 15 is 0 Å². The highest BCUT2D eigenvalue weighted by Crippen LogP contribution is 2.21. The fraction of sp³-hybridized carbons (Fsp3) is 0.800. The van der Waals surface area contributed by atoms with E-state index in [4.69, 9.17) is 4.74 Å². The molecule has 2 rings (SSSR count). The van der Waals surface area contributed by atoms with Crippen molar-refractivity contribution in [2.45, 2.75) is 38.7 Å². The van der Waals surface area contributed by atoms with Crippen LogP contribution in [-0.2, 0) is 0 Å². The molecule has 1 N–H and O–H groups in total. The van der Waals surface area contributed by atoms with E-state index in [1.807, 2.05) is 0 Å². The zero-order valence-electron chi connectivity index (χ0n) is 9.19. The predicted octanol–water partition coefficient (Wildman–Crippen LogP) is 1.79. The standard InChI is InChI=1S/C10H17N3OS/c1-7(2)9-12-10(15-13-9)14-8-4-3-5-11-6-8/h7-8,11H,3-6H2,1-2H3. The summed E-state index contributed by atoms with van der Waals surface area (Å²) in [7, 11) is 0. The molecule has 0 amide bonds. The topological polar surface area (TPSA) is 47.0 Å². The van der Waals surface area contributed by atoms with Crippen molar-refractivity contribution in [1.82, 2.24) is 14.7 Å². The van der Waals surface area contributed by atoms with E-state index in [1.165, 1.54) is 18.0 Å². The molecule has 4 nitrogen and oxygen atoms in total. The molecule has 1 aliphatic heterocycles. The summed E-state index contributed by atoms with van der Waals surface area (Å²) in [4.78, 5) is 4.36. The Hall–Kier alpha value is -0.680. The van der Waals surface area contributed by atoms with Crippen molar-refractivity contribution < 1.29 is 4.74 Å². The van der Waals surface area contributed by atoms with Crippen LogP contribution in [0, 0.1) is 0 Å². The van der Waals surface area contributed by atoms with Gasteiger partial charge in [-0.1, -0.05) is 13.8 Å². The highest BCUT2D eigenvalue weighted by molar-refractivity contribution is 7.07. The van der Waals surface area contributed by atoms with E-state index in [1.54, 1.807) is 0 Å². The van der Waals surface area contributed by atoms with Crippen LogP contribution in [0.2, 0.25) is 0 Å². The molecule has 84 valence electrons. The molecular weight excluding hydrogens is 210 g/mol. The first-order valence-electron chi connectivity index (χ1n) is 5.46. The van der Waals surface area contributed by atoms with Gasteiger partial charge in [-0.25, -0.2) is 0 Å². The largest absolute Gasteiger partial charge is 0.464 e. The first kappa shape index (κ1) is 10.8. The Balaban J connectivity index is 1.91. The zero-order valence-corrected chi connectivity index (χ0v) is 10.0. The fourth-order valence-corrected chi connectivity index (χ4v) is 2.30. The molecule has 0 aliphatic carbocycles. The van der Waals surface area contributed by atoms with Gasteiger partial charge in [0.25, 0.3) is 5.19 Å². The maximum Gasteiger partial charge on any atom is 0.293 e. The van der Waals surface area contributed by atoms with Gasteiger partial charge in [0.05, 0.1) is 0 Å². The molecule has 0 aromatic carbocycles. The third kappa shape index (κ3) is 2.89. The van der Waals surface area contributed by atoms with Crippen LogP contribution >= 0.6 is 11.5 Å². The molecule has 1 aromatic heterocycles. The van der Waals surface area contributed by atoms with Crippen LogP contribution in [0.3, 0.4) is 0 Å². The van der Waals surface area contributed by atoms with Gasteiger partial charge in [-0.15, -0.1) is 0 Å². The van der Waals surface area contributed by atoms with Gasteiger partial charge in [0.15, 0.2) is 0 Å². The summed E-state index contributed by atoms with van der Waals surface area (Å²) >= 11 is 1.36. The van der Waals surface area contributed by atoms with Gasteiger partial charge < -0.3 is 10.1 Å². The zero-order chi connectivity index (χ0) is 10.7. The Bertz CT molecular complexity index is 307. The second kappa shape index (κ2) is 4.90. The fourth-order valence-electron chi connectivity index (χ4n) is 1.57. The molecule has 0 saturated carbocycles. The van der Waals surface area contributed by atoms with E-state index in [0.29, 0.717) is 11.1 Å². The van der Waals surface area contributed by atoms with Gasteiger partial charge in [-0.2, -0.15) is 9.36 Å². The highest BCUT2D eigenvalue weighted by Gasteiger charge is 2.17. The Kier molecular flexibility index (Phi) is 3.53. The quantitative estimate of drug-likeness (QED) is 0.855. The molecule has 1 fully saturated rings. The van der Waals surface area contributed by atoms with Crippen LogP contribution in [0.25, 0.3) is 0 Å². The Morgan fingerprint density at radius 2 is 2.40 bits per heavy atom. The summed E-state index contributed by atoms with van der Waals surface area (Å²) in [6.45, 7) is 6.21. The van der Waals surface area contributed by atoms with Crippen molar-refractivity contribution in [2.24, 2.45) is 0 Å². The molecule has 0 bridgehead atoms. The first-order chi connectivity index (χ1) is 7.25. The van der Waals surface area contributed by atoms with E-state index in [-0.39, 0.29) is 6.10 Å². The van der Waals surface area contributed by atoms with Gasteiger partial charge in [0.1, 0.15) is 11.9 Å². The number of ether oxygens (including phenoxy) is 1. The number of rotatable bonds is 3. The molecule has 1 saturated heterocycles. The van der Waals surface area contributed by atoms with Crippen molar-refractivity contribution in [3.8, 4) is 5.19 Å². The number of nitrogens with one attached hydrogen (secondary N) is 1. The molecule has 0 spiro atoms. The van der Waals surface area contributed by atoms with Crippen LogP contribution < -0.4 is 10.1 Å². The van der Waals surface area contributed by atoms with Gasteiger partial charge in [0.2, 0.25) is 0 Å². The average Bonchev–Trinajstić information content (AvgIpc) is 2.68. The average molecular weight is 227 g/mol. The van der Waals surface area contributed by atoms with Gasteiger partial charge in [0, 0.05) is 24.0 Å². The maximum absolute atomic E-state index is 5.77. The number of aromatic nitrogens is 2. The first-order valence-corrected chi connectivity index (χ1v) is 6.24. The lowest BCUT2D eigenvalue weighted by molar-refractivity contribution is 0.166. The molecule has 15 heavy (non-hydrogen) atoms. The normalized spacial score (nSPS) is 21.9. The minimum Gasteiger partial charge on any atom is -0.464 e. The third-order valence-electron chi connectivity index (χ3n) is 2.46. The SMILES string of the molecule is CC(C)c1nsc(OC2CCCNC2)n1. The summed E-state index contributed by atoms with van der Waals surface area (Å²) < 4.78 is 10.0. The number of hydrogen-bond donors (Lipinski definition) is 1. The van der Waals surface area contributed by atoms with Crippen molar-refractivity contribution in [3.63, 3.8) is 0 Å². The van der Waals surface area contributed by atoms with Crippen molar-refractivity contribution in [3.05, 3.63) is 5.82 Å². The van der Waals surface area contributed by atoms with Crippen molar-refractivity contribution in [2.75, 3.05) is 13.1 Å². The van der Waals surface area contributed by atoms with Crippen LogP contribution in [0.4, 0.5) is 0 Å². The molecule has 0 radical (unpaired) electrons. The van der Waals surface area contributed by atoms with Crippen LogP contribution in [0.15, 0.2) is 0 Å². The number of nitrogens with zero attached hydrogens (tertiary/aromatic N) is 2. The second-order valence-electron chi connectivity index (χ2n) is 4.16. The molecule has 1 atom stereocenters. The molecule has 5 heteroatoms. The van der Waals surface area contributed by atoms with Gasteiger partial charge in [-0.3, -0.25) is 0 Å². The Morgan fingerprint density at radius 3 is 3.00 bits per heavy atom. The predicted molar refractivity (Wildman–Crippen MR) is 60.5 cm³/mol. The van der Waals surface area contributed by atoms with E-state index < -0.39 is 0 Å². The lowest BCUT2D eigenvalue weighted by Crippen LogP contribution is -2.37. The Morgan fingerprint density at radius 1 is 1.53 bits per heavy atom. The van der Waals surface area contributed by atoms with Crippen LogP contribution in [0.1, 0.15) is 38.4 Å². The smallest absolute Gasteiger partial charge is 0.293 e. The van der Waals surface area contributed by atoms with E-state index in [9.17, 15) is 0 Å². The van der Waals surface area contributed by atoms with Crippen LogP contribution in [0.5, 0.6) is 5.19 Å². The minimum absolute atomic E-state index is 0.270. The molecular formula is C10H17N3OS. The molecule has 2 heterocycles. The highest BCUT2D eigenvalue weighted by atomic mass is 32.1. The van der Waals surface area contributed by atoms with Crippen molar-refractivity contribution in [1.29, 1.82) is 0 Å². The molecule has 1 aliphatic rings. The lowest BCUT2D eigenvalue weighted by atomic mass is 10.1. The monoisotopic (exact) mass is 227 g/mol. The number of hydrogen-bond acceptors (Lipinski definition) is 5. The summed E-state index contributed by atoms with van der Waals surface area (Å²) in [6.07, 6.45) is 2.57. The Labute approximate surface area is 94.2 Å². The van der Waals surface area contributed by atoms with E-state index in [0.717, 1.165) is 25.3 Å². The van der Waals surface area contributed by atoms with Crippen LogP contribution in [-0.4, -0.2) is 28.6 Å². The third-order valence-corrected chi connectivity index (χ3v) is 3.08. The number of piperidine rings is 1. The molecule has 1 aromatic rings. The van der Waals surface area contributed by atoms with E-state index in [2.05, 4.69) is 28.5 Å². The summed E-state index contributed by atoms with van der Waals surface area (Å²) in [5.41, 5.74) is 0. The summed E-state index contributed by atoms with van der Waals surface area (Å²) in [6, 6.07) is 0. The summed E-state index contributed by atoms with van der Waals surface area (Å²) in [5.74, 6) is 1.27.